The topological polar surface area (TPSA) is 63.4 Å². The minimum atomic E-state index is -3.21. The van der Waals surface area contributed by atoms with Crippen LogP contribution in [0.25, 0.3) is 0 Å². The summed E-state index contributed by atoms with van der Waals surface area (Å²) in [4.78, 5) is 0. The highest BCUT2D eigenvalue weighted by molar-refractivity contribution is 7.88. The third-order valence-corrected chi connectivity index (χ3v) is 5.25. The van der Waals surface area contributed by atoms with Crippen LogP contribution in [0, 0.1) is 5.92 Å². The molecule has 0 unspecified atom stereocenters. The van der Waals surface area contributed by atoms with Crippen LogP contribution in [-0.2, 0) is 15.8 Å². The van der Waals surface area contributed by atoms with Gasteiger partial charge in [0, 0.05) is 19.6 Å². The van der Waals surface area contributed by atoms with Crippen LogP contribution in [-0.4, -0.2) is 32.4 Å². The Kier molecular flexibility index (Phi) is 4.04. The van der Waals surface area contributed by atoms with Crippen molar-refractivity contribution < 1.29 is 8.42 Å². The maximum absolute atomic E-state index is 12.2. The number of nitrogens with zero attached hydrogens (tertiary/aromatic N) is 1. The predicted octanol–water partition coefficient (Wildman–Crippen LogP) is 1.19. The Morgan fingerprint density at radius 2 is 1.89 bits per heavy atom. The third kappa shape index (κ3) is 3.31. The van der Waals surface area contributed by atoms with Crippen molar-refractivity contribution >= 4 is 10.0 Å². The van der Waals surface area contributed by atoms with Crippen LogP contribution in [0.5, 0.6) is 0 Å². The van der Waals surface area contributed by atoms with Gasteiger partial charge in [-0.3, -0.25) is 0 Å². The van der Waals surface area contributed by atoms with Gasteiger partial charge in [0.15, 0.2) is 0 Å². The summed E-state index contributed by atoms with van der Waals surface area (Å²) >= 11 is 0. The molecule has 0 atom stereocenters. The van der Waals surface area contributed by atoms with Gasteiger partial charge in [0.1, 0.15) is 0 Å². The first-order valence-corrected chi connectivity index (χ1v) is 7.82. The fraction of sp³-hybridized carbons (Fsp3) is 0.538. The molecule has 2 rings (SSSR count). The van der Waals surface area contributed by atoms with E-state index in [4.69, 9.17) is 5.73 Å². The molecule has 2 N–H and O–H groups in total. The lowest BCUT2D eigenvalue weighted by Crippen LogP contribution is -2.43. The number of hydrogen-bond donors (Lipinski definition) is 1. The molecule has 0 heterocycles. The molecule has 1 aromatic rings. The van der Waals surface area contributed by atoms with Gasteiger partial charge in [0.2, 0.25) is 10.0 Å². The maximum Gasteiger partial charge on any atom is 0.218 e. The van der Waals surface area contributed by atoms with Gasteiger partial charge in [-0.15, -0.1) is 0 Å². The van der Waals surface area contributed by atoms with E-state index in [-0.39, 0.29) is 11.8 Å². The molecular weight excluding hydrogens is 248 g/mol. The zero-order chi connectivity index (χ0) is 13.2. The van der Waals surface area contributed by atoms with E-state index in [0.717, 1.165) is 18.4 Å². The second-order valence-corrected chi connectivity index (χ2v) is 7.20. The molecule has 0 amide bonds. The van der Waals surface area contributed by atoms with Crippen molar-refractivity contribution in [3.8, 4) is 0 Å². The molecule has 0 aliphatic heterocycles. The molecule has 1 aromatic carbocycles. The Balaban J connectivity index is 1.93. The smallest absolute Gasteiger partial charge is 0.218 e. The van der Waals surface area contributed by atoms with Crippen molar-refractivity contribution in [3.05, 3.63) is 35.9 Å². The summed E-state index contributed by atoms with van der Waals surface area (Å²) in [6, 6.07) is 9.54. The summed E-state index contributed by atoms with van der Waals surface area (Å²) in [5.41, 5.74) is 6.54. The number of hydrogen-bond acceptors (Lipinski definition) is 3. The van der Waals surface area contributed by atoms with Gasteiger partial charge in [0.05, 0.1) is 5.75 Å². The highest BCUT2D eigenvalue weighted by Gasteiger charge is 2.30. The largest absolute Gasteiger partial charge is 0.328 e. The van der Waals surface area contributed by atoms with Crippen LogP contribution in [0.15, 0.2) is 30.3 Å². The molecule has 0 spiro atoms. The quantitative estimate of drug-likeness (QED) is 0.872. The monoisotopic (exact) mass is 268 g/mol. The van der Waals surface area contributed by atoms with Crippen molar-refractivity contribution in [3.63, 3.8) is 0 Å². The summed E-state index contributed by atoms with van der Waals surface area (Å²) in [7, 11) is -1.55. The van der Waals surface area contributed by atoms with Gasteiger partial charge < -0.3 is 5.73 Å². The normalized spacial score (nSPS) is 23.9. The Morgan fingerprint density at radius 3 is 2.44 bits per heavy atom. The van der Waals surface area contributed by atoms with Crippen molar-refractivity contribution in [1.29, 1.82) is 0 Å². The lowest BCUT2D eigenvalue weighted by Gasteiger charge is -2.34. The van der Waals surface area contributed by atoms with E-state index in [1.807, 2.05) is 30.3 Å². The summed E-state index contributed by atoms with van der Waals surface area (Å²) in [6.45, 7) is 0.586. The molecule has 1 saturated carbocycles. The zero-order valence-electron chi connectivity index (χ0n) is 10.6. The number of benzene rings is 1. The molecule has 18 heavy (non-hydrogen) atoms. The summed E-state index contributed by atoms with van der Waals surface area (Å²) < 4.78 is 25.8. The molecule has 0 radical (unpaired) electrons. The average molecular weight is 268 g/mol. The molecule has 5 heteroatoms. The highest BCUT2D eigenvalue weighted by atomic mass is 32.2. The van der Waals surface area contributed by atoms with E-state index >= 15 is 0 Å². The van der Waals surface area contributed by atoms with Crippen LogP contribution in [0.2, 0.25) is 0 Å². The summed E-state index contributed by atoms with van der Waals surface area (Å²) in [5, 5.41) is 0. The van der Waals surface area contributed by atoms with E-state index in [2.05, 4.69) is 0 Å². The molecule has 100 valence electrons. The molecule has 0 saturated heterocycles. The van der Waals surface area contributed by atoms with Gasteiger partial charge in [-0.05, 0) is 24.3 Å². The van der Waals surface area contributed by atoms with Gasteiger partial charge in [0.25, 0.3) is 0 Å². The Hall–Kier alpha value is -0.910. The molecule has 1 fully saturated rings. The van der Waals surface area contributed by atoms with Crippen molar-refractivity contribution in [2.75, 3.05) is 13.6 Å². The van der Waals surface area contributed by atoms with E-state index in [9.17, 15) is 8.42 Å². The Morgan fingerprint density at radius 1 is 1.28 bits per heavy atom. The Bertz CT molecular complexity index is 481. The molecular formula is C13H20N2O2S. The second-order valence-electron chi connectivity index (χ2n) is 5.12. The van der Waals surface area contributed by atoms with Crippen LogP contribution in [0.3, 0.4) is 0 Å². The first-order valence-electron chi connectivity index (χ1n) is 6.21. The number of nitrogens with two attached hydrogens (primary N) is 1. The van der Waals surface area contributed by atoms with E-state index in [1.165, 1.54) is 4.31 Å². The minimum absolute atomic E-state index is 0.0725. The molecule has 1 aliphatic carbocycles. The minimum Gasteiger partial charge on any atom is -0.328 e. The molecule has 0 bridgehead atoms. The van der Waals surface area contributed by atoms with Gasteiger partial charge >= 0.3 is 0 Å². The van der Waals surface area contributed by atoms with Crippen molar-refractivity contribution in [2.45, 2.75) is 24.6 Å². The van der Waals surface area contributed by atoms with Crippen LogP contribution in [0.1, 0.15) is 18.4 Å². The van der Waals surface area contributed by atoms with E-state index in [1.54, 1.807) is 7.05 Å². The SMILES string of the molecule is CN(CC1CC(N)C1)S(=O)(=O)Cc1ccccc1. The lowest BCUT2D eigenvalue weighted by molar-refractivity contribution is 0.227. The van der Waals surface area contributed by atoms with Gasteiger partial charge in [-0.1, -0.05) is 30.3 Å². The number of sulfonamides is 1. The van der Waals surface area contributed by atoms with E-state index < -0.39 is 10.0 Å². The molecule has 4 nitrogen and oxygen atoms in total. The predicted molar refractivity (Wildman–Crippen MR) is 72.4 cm³/mol. The van der Waals surface area contributed by atoms with Crippen molar-refractivity contribution in [1.82, 2.24) is 4.31 Å². The average Bonchev–Trinajstić information content (AvgIpc) is 2.27. The number of rotatable bonds is 5. The van der Waals surface area contributed by atoms with Crippen molar-refractivity contribution in [2.24, 2.45) is 11.7 Å². The zero-order valence-corrected chi connectivity index (χ0v) is 11.4. The first kappa shape index (κ1) is 13.5. The van der Waals surface area contributed by atoms with Gasteiger partial charge in [-0.2, -0.15) is 0 Å². The molecule has 1 aliphatic rings. The maximum atomic E-state index is 12.2. The second kappa shape index (κ2) is 5.38. The van der Waals surface area contributed by atoms with Crippen LogP contribution >= 0.6 is 0 Å². The fourth-order valence-corrected chi connectivity index (χ4v) is 3.58. The summed E-state index contributed by atoms with van der Waals surface area (Å²) in [5.74, 6) is 0.499. The standard InChI is InChI=1S/C13H20N2O2S/c1-15(9-12-7-13(14)8-12)18(16,17)10-11-5-3-2-4-6-11/h2-6,12-13H,7-10,14H2,1H3. The molecule has 0 aromatic heterocycles. The van der Waals surface area contributed by atoms with E-state index in [0.29, 0.717) is 12.5 Å². The Labute approximate surface area is 109 Å². The third-order valence-electron chi connectivity index (χ3n) is 3.45. The fourth-order valence-electron chi connectivity index (χ4n) is 2.31. The highest BCUT2D eigenvalue weighted by Crippen LogP contribution is 2.27. The van der Waals surface area contributed by atoms with Crippen LogP contribution < -0.4 is 5.73 Å². The van der Waals surface area contributed by atoms with Gasteiger partial charge in [-0.25, -0.2) is 12.7 Å². The first-order chi connectivity index (χ1) is 8.47. The summed E-state index contributed by atoms with van der Waals surface area (Å²) in [6.07, 6.45) is 1.87. The lowest BCUT2D eigenvalue weighted by atomic mass is 9.81. The van der Waals surface area contributed by atoms with Crippen LogP contribution in [0.4, 0.5) is 0 Å².